The van der Waals surface area contributed by atoms with Gasteiger partial charge in [0, 0.05) is 32.2 Å². The highest BCUT2D eigenvalue weighted by Crippen LogP contribution is 2.41. The Hall–Kier alpha value is -3.56. The Bertz CT molecular complexity index is 1140. The first kappa shape index (κ1) is 25.5. The number of amides is 1. The molecule has 2 saturated heterocycles. The average Bonchev–Trinajstić information content (AvgIpc) is 3.12. The lowest BCUT2D eigenvalue weighted by atomic mass is 9.95. The molecule has 0 spiro atoms. The Morgan fingerprint density at radius 3 is 2.33 bits per heavy atom. The number of benzene rings is 2. The number of Topliss-reactive ketones (excluding diaryl/α,β-unsaturated/α-hetero) is 1. The van der Waals surface area contributed by atoms with Crippen molar-refractivity contribution in [3.05, 3.63) is 59.2 Å². The second-order valence-corrected chi connectivity index (χ2v) is 9.07. The minimum atomic E-state index is -0.819. The van der Waals surface area contributed by atoms with Gasteiger partial charge in [-0.05, 0) is 43.7 Å². The van der Waals surface area contributed by atoms with Crippen molar-refractivity contribution in [3.63, 3.8) is 0 Å². The van der Waals surface area contributed by atoms with Crippen molar-refractivity contribution in [2.24, 2.45) is 0 Å². The van der Waals surface area contributed by atoms with Crippen LogP contribution >= 0.6 is 0 Å². The summed E-state index contributed by atoms with van der Waals surface area (Å²) in [6, 6.07) is 10.7. The van der Waals surface area contributed by atoms with E-state index in [0.717, 1.165) is 13.1 Å². The highest BCUT2D eigenvalue weighted by molar-refractivity contribution is 6.46. The molecule has 0 aliphatic carbocycles. The Morgan fingerprint density at radius 1 is 1.06 bits per heavy atom. The number of aliphatic hydroxyl groups excluding tert-OH is 1. The van der Waals surface area contributed by atoms with Crippen molar-refractivity contribution in [1.82, 2.24) is 9.80 Å². The monoisotopic (exact) mass is 496 g/mol. The van der Waals surface area contributed by atoms with Gasteiger partial charge in [0.1, 0.15) is 23.0 Å². The van der Waals surface area contributed by atoms with E-state index in [2.05, 4.69) is 4.90 Å². The molecule has 2 aromatic carbocycles. The number of phenols is 1. The number of likely N-dealkylation sites (tertiary alicyclic amines) is 1. The van der Waals surface area contributed by atoms with E-state index in [1.165, 1.54) is 24.1 Å². The predicted octanol–water partition coefficient (Wildman–Crippen LogP) is 2.94. The van der Waals surface area contributed by atoms with E-state index in [9.17, 15) is 19.8 Å². The molecule has 2 aliphatic heterocycles. The molecule has 1 unspecified atom stereocenters. The summed E-state index contributed by atoms with van der Waals surface area (Å²) >= 11 is 0. The summed E-state index contributed by atoms with van der Waals surface area (Å²) in [5.41, 5.74) is 0.633. The first-order valence-electron chi connectivity index (χ1n) is 12.0. The average molecular weight is 497 g/mol. The van der Waals surface area contributed by atoms with E-state index >= 15 is 0 Å². The van der Waals surface area contributed by atoms with Crippen molar-refractivity contribution in [2.45, 2.75) is 26.0 Å². The third-order valence-electron chi connectivity index (χ3n) is 6.33. The molecule has 2 aromatic rings. The van der Waals surface area contributed by atoms with Crippen LogP contribution in [-0.4, -0.2) is 84.3 Å². The molecule has 0 bridgehead atoms. The minimum Gasteiger partial charge on any atom is -0.507 e. The van der Waals surface area contributed by atoms with E-state index in [1.54, 1.807) is 30.3 Å². The largest absolute Gasteiger partial charge is 0.507 e. The number of aromatic hydroxyl groups is 1. The van der Waals surface area contributed by atoms with Crippen molar-refractivity contribution in [1.29, 1.82) is 0 Å². The molecule has 0 aromatic heterocycles. The number of rotatable bonds is 8. The van der Waals surface area contributed by atoms with Crippen LogP contribution in [0.5, 0.6) is 17.2 Å². The van der Waals surface area contributed by atoms with Crippen molar-refractivity contribution < 1.29 is 34.0 Å². The summed E-state index contributed by atoms with van der Waals surface area (Å²) in [5.74, 6) is -1.12. The zero-order valence-corrected chi connectivity index (χ0v) is 20.8. The molecule has 2 aliphatic rings. The zero-order chi connectivity index (χ0) is 25.8. The quantitative estimate of drug-likeness (QED) is 0.326. The van der Waals surface area contributed by atoms with E-state index in [1.807, 2.05) is 13.8 Å². The van der Waals surface area contributed by atoms with Crippen LogP contribution in [0.1, 0.15) is 31.0 Å². The normalized spacial score (nSPS) is 20.2. The number of hydrogen-bond donors (Lipinski definition) is 2. The van der Waals surface area contributed by atoms with E-state index < -0.39 is 23.5 Å². The van der Waals surface area contributed by atoms with Crippen LogP contribution in [0, 0.1) is 0 Å². The highest BCUT2D eigenvalue weighted by atomic mass is 16.5. The summed E-state index contributed by atoms with van der Waals surface area (Å²) in [4.78, 5) is 30.1. The van der Waals surface area contributed by atoms with Gasteiger partial charge < -0.3 is 29.3 Å². The molecule has 1 atom stereocenters. The molecule has 1 amide bonds. The third-order valence-corrected chi connectivity index (χ3v) is 6.33. The fourth-order valence-corrected chi connectivity index (χ4v) is 4.52. The maximum atomic E-state index is 13.2. The number of nitrogens with zero attached hydrogens (tertiary/aromatic N) is 2. The molecule has 192 valence electrons. The van der Waals surface area contributed by atoms with Crippen LogP contribution < -0.4 is 9.47 Å². The van der Waals surface area contributed by atoms with E-state index in [4.69, 9.17) is 14.2 Å². The summed E-state index contributed by atoms with van der Waals surface area (Å²) in [5, 5.41) is 21.7. The molecule has 9 heteroatoms. The molecule has 2 heterocycles. The molecule has 4 rings (SSSR count). The maximum absolute atomic E-state index is 13.2. The van der Waals surface area contributed by atoms with Crippen molar-refractivity contribution in [2.75, 3.05) is 46.5 Å². The van der Waals surface area contributed by atoms with Crippen LogP contribution in [0.3, 0.4) is 0 Å². The molecular formula is C27H32N2O7. The van der Waals surface area contributed by atoms with Gasteiger partial charge in [0.15, 0.2) is 0 Å². The summed E-state index contributed by atoms with van der Waals surface area (Å²) in [6.07, 6.45) is -0.00643. The topological polar surface area (TPSA) is 109 Å². The Morgan fingerprint density at radius 2 is 1.72 bits per heavy atom. The molecule has 36 heavy (non-hydrogen) atoms. The number of hydrogen-bond acceptors (Lipinski definition) is 8. The predicted molar refractivity (Wildman–Crippen MR) is 133 cm³/mol. The van der Waals surface area contributed by atoms with Crippen LogP contribution in [-0.2, 0) is 14.3 Å². The van der Waals surface area contributed by atoms with Gasteiger partial charge in [0.05, 0.1) is 43.6 Å². The Labute approximate surface area is 210 Å². The first-order valence-corrected chi connectivity index (χ1v) is 12.0. The van der Waals surface area contributed by atoms with Crippen LogP contribution in [0.2, 0.25) is 0 Å². The number of ketones is 1. The van der Waals surface area contributed by atoms with Gasteiger partial charge in [-0.15, -0.1) is 0 Å². The number of phenolic OH excluding ortho intramolecular Hbond substituents is 1. The van der Waals surface area contributed by atoms with Crippen LogP contribution in [0.25, 0.3) is 5.76 Å². The fraction of sp³-hybridized carbons (Fsp3) is 0.407. The van der Waals surface area contributed by atoms with Crippen molar-refractivity contribution >= 4 is 17.4 Å². The van der Waals surface area contributed by atoms with Gasteiger partial charge in [-0.25, -0.2) is 0 Å². The second-order valence-electron chi connectivity index (χ2n) is 9.07. The maximum Gasteiger partial charge on any atom is 0.295 e. The van der Waals surface area contributed by atoms with Crippen molar-refractivity contribution in [3.8, 4) is 17.2 Å². The van der Waals surface area contributed by atoms with Gasteiger partial charge in [0.2, 0.25) is 0 Å². The van der Waals surface area contributed by atoms with Gasteiger partial charge >= 0.3 is 0 Å². The molecule has 2 fully saturated rings. The SMILES string of the molecule is COc1ccc(C(O)=C2C(=O)C(=O)N(CCN3CCOCC3)C2c2ccc(OC(C)C)cc2)c(O)c1. The van der Waals surface area contributed by atoms with Gasteiger partial charge in [0.25, 0.3) is 11.7 Å². The smallest absolute Gasteiger partial charge is 0.295 e. The van der Waals surface area contributed by atoms with E-state index in [0.29, 0.717) is 43.4 Å². The molecular weight excluding hydrogens is 464 g/mol. The summed E-state index contributed by atoms with van der Waals surface area (Å²) < 4.78 is 16.3. The number of carbonyl (C=O) groups excluding carboxylic acids is 2. The van der Waals surface area contributed by atoms with E-state index in [-0.39, 0.29) is 23.0 Å². The standard InChI is InChI=1S/C27H32N2O7/c1-17(2)36-19-6-4-18(5-7-19)24-23(25(31)21-9-8-20(34-3)16-22(21)30)26(32)27(33)29(24)11-10-28-12-14-35-15-13-28/h4-9,16-17,24,30-31H,10-15H2,1-3H3. The van der Waals surface area contributed by atoms with Gasteiger partial charge in [-0.1, -0.05) is 12.1 Å². The molecule has 0 saturated carbocycles. The second kappa shape index (κ2) is 11.0. The fourth-order valence-electron chi connectivity index (χ4n) is 4.52. The highest BCUT2D eigenvalue weighted by Gasteiger charge is 2.46. The number of morpholine rings is 1. The number of aliphatic hydroxyl groups is 1. The zero-order valence-electron chi connectivity index (χ0n) is 20.8. The summed E-state index contributed by atoms with van der Waals surface area (Å²) in [7, 11) is 1.46. The lowest BCUT2D eigenvalue weighted by molar-refractivity contribution is -0.140. The van der Waals surface area contributed by atoms with Gasteiger partial charge in [-0.2, -0.15) is 0 Å². The van der Waals surface area contributed by atoms with Gasteiger partial charge in [-0.3, -0.25) is 14.5 Å². The first-order chi connectivity index (χ1) is 17.3. The number of methoxy groups -OCH3 is 1. The molecule has 0 radical (unpaired) electrons. The lowest BCUT2D eigenvalue weighted by Gasteiger charge is -2.31. The Kier molecular flexibility index (Phi) is 7.81. The molecule has 9 nitrogen and oxygen atoms in total. The Balaban J connectivity index is 1.74. The van der Waals surface area contributed by atoms with Crippen LogP contribution in [0.4, 0.5) is 0 Å². The lowest BCUT2D eigenvalue weighted by Crippen LogP contribution is -2.42. The van der Waals surface area contributed by atoms with Crippen LogP contribution in [0.15, 0.2) is 48.0 Å². The minimum absolute atomic E-state index is 0.00643. The number of ether oxygens (including phenoxy) is 3. The summed E-state index contributed by atoms with van der Waals surface area (Å²) in [6.45, 7) is 7.45. The molecule has 2 N–H and O–H groups in total. The third kappa shape index (κ3) is 5.32. The number of carbonyl (C=O) groups is 2.